The summed E-state index contributed by atoms with van der Waals surface area (Å²) in [5.41, 5.74) is 3.89. The molecule has 1 N–H and O–H groups in total. The van der Waals surface area contributed by atoms with Crippen LogP contribution in [0.25, 0.3) is 22.6 Å². The smallest absolute Gasteiger partial charge is 0.272 e. The maximum Gasteiger partial charge on any atom is 0.272 e. The van der Waals surface area contributed by atoms with Gasteiger partial charge in [0.2, 0.25) is 5.88 Å². The van der Waals surface area contributed by atoms with Crippen molar-refractivity contribution in [1.29, 1.82) is 0 Å². The number of amides is 1. The van der Waals surface area contributed by atoms with Gasteiger partial charge in [-0.1, -0.05) is 5.16 Å². The summed E-state index contributed by atoms with van der Waals surface area (Å²) in [6, 6.07) is 13.1. The van der Waals surface area contributed by atoms with E-state index in [9.17, 15) is 13.4 Å². The van der Waals surface area contributed by atoms with E-state index in [1.54, 1.807) is 36.0 Å². The molecule has 1 saturated heterocycles. The first kappa shape index (κ1) is 28.2. The van der Waals surface area contributed by atoms with Crippen LogP contribution in [0.3, 0.4) is 0 Å². The van der Waals surface area contributed by atoms with Gasteiger partial charge in [-0.25, -0.2) is 18.3 Å². The van der Waals surface area contributed by atoms with Crippen molar-refractivity contribution in [3.63, 3.8) is 0 Å². The van der Waals surface area contributed by atoms with Gasteiger partial charge in [0.1, 0.15) is 35.3 Å². The van der Waals surface area contributed by atoms with E-state index in [1.807, 2.05) is 44.7 Å². The molecule has 220 valence electrons. The van der Waals surface area contributed by atoms with E-state index in [2.05, 4.69) is 15.0 Å². The fourth-order valence-electron chi connectivity index (χ4n) is 5.26. The number of halogens is 1. The Morgan fingerprint density at radius 3 is 2.45 bits per heavy atom. The van der Waals surface area contributed by atoms with E-state index in [0.717, 1.165) is 11.1 Å². The molecule has 1 amide bonds. The highest BCUT2D eigenvalue weighted by molar-refractivity contribution is 7.84. The van der Waals surface area contributed by atoms with E-state index in [1.165, 1.54) is 18.4 Å². The van der Waals surface area contributed by atoms with Crippen LogP contribution in [0.4, 0.5) is 4.39 Å². The molecule has 1 aliphatic carbocycles. The normalized spacial score (nSPS) is 21.2. The maximum absolute atomic E-state index is 13.6. The average Bonchev–Trinajstić information content (AvgIpc) is 3.45. The molecule has 1 aliphatic heterocycles. The highest BCUT2D eigenvalue weighted by Crippen LogP contribution is 2.48. The summed E-state index contributed by atoms with van der Waals surface area (Å²) in [6.45, 7) is 8.84. The number of ether oxygens (including phenoxy) is 1. The number of carbonyl (C=O) groups excluding carboxylic acids is 1. The molecular weight excluding hydrogens is 559 g/mol. The van der Waals surface area contributed by atoms with Crippen LogP contribution in [0.5, 0.6) is 5.88 Å². The van der Waals surface area contributed by atoms with Gasteiger partial charge in [0.15, 0.2) is 0 Å². The van der Waals surface area contributed by atoms with Crippen molar-refractivity contribution < 1.29 is 22.7 Å². The van der Waals surface area contributed by atoms with E-state index in [0.29, 0.717) is 41.7 Å². The highest BCUT2D eigenvalue weighted by Gasteiger charge is 2.59. The van der Waals surface area contributed by atoms with Crippen LogP contribution in [0.2, 0.25) is 0 Å². The van der Waals surface area contributed by atoms with Crippen molar-refractivity contribution in [1.82, 2.24) is 29.5 Å². The van der Waals surface area contributed by atoms with E-state index in [-0.39, 0.29) is 35.7 Å². The fourth-order valence-corrected chi connectivity index (χ4v) is 6.07. The Kier molecular flexibility index (Phi) is 7.22. The zero-order chi connectivity index (χ0) is 29.8. The Labute approximate surface area is 245 Å². The van der Waals surface area contributed by atoms with Crippen LogP contribution < -0.4 is 9.46 Å². The molecule has 3 aromatic heterocycles. The SMILES string of the molecule is CC(NS(=O)C(C)(C)C)c1cc(OC2[C@H]3CN(C(=O)c4cc(-c5ccon5)nn4C)C[C@@H]23)nc(-c2ccc(F)cc2)c1. The molecule has 1 saturated carbocycles. The molecule has 12 heteroatoms. The number of benzene rings is 1. The predicted octanol–water partition coefficient (Wildman–Crippen LogP) is 4.54. The van der Waals surface area contributed by atoms with Crippen molar-refractivity contribution in [3.05, 3.63) is 71.9 Å². The first-order chi connectivity index (χ1) is 20.0. The van der Waals surface area contributed by atoms with Crippen LogP contribution in [0.1, 0.15) is 49.8 Å². The summed E-state index contributed by atoms with van der Waals surface area (Å²) >= 11 is 0. The van der Waals surface area contributed by atoms with Crippen LogP contribution in [0.15, 0.2) is 59.3 Å². The summed E-state index contributed by atoms with van der Waals surface area (Å²) in [5.74, 6) is 0.424. The van der Waals surface area contributed by atoms with Gasteiger partial charge in [0, 0.05) is 55.7 Å². The topological polar surface area (TPSA) is 115 Å². The third-order valence-electron chi connectivity index (χ3n) is 7.76. The van der Waals surface area contributed by atoms with Gasteiger partial charge in [0.25, 0.3) is 5.91 Å². The van der Waals surface area contributed by atoms with Gasteiger partial charge in [-0.3, -0.25) is 9.48 Å². The average molecular weight is 593 g/mol. The van der Waals surface area contributed by atoms with Gasteiger partial charge in [-0.05, 0) is 69.7 Å². The minimum Gasteiger partial charge on any atom is -0.474 e. The summed E-state index contributed by atoms with van der Waals surface area (Å²) in [7, 11) is 0.463. The zero-order valence-electron chi connectivity index (χ0n) is 24.1. The second-order valence-corrected chi connectivity index (χ2v) is 13.9. The van der Waals surface area contributed by atoms with Crippen molar-refractivity contribution in [2.24, 2.45) is 18.9 Å². The molecule has 4 aromatic rings. The second kappa shape index (κ2) is 10.7. The largest absolute Gasteiger partial charge is 0.474 e. The Bertz CT molecular complexity index is 1620. The lowest BCUT2D eigenvalue weighted by atomic mass is 10.1. The Balaban J connectivity index is 1.17. The number of fused-ring (bicyclic) bond motifs is 1. The summed E-state index contributed by atoms with van der Waals surface area (Å²) in [6.07, 6.45) is 1.40. The molecule has 0 spiro atoms. The molecule has 5 atom stereocenters. The monoisotopic (exact) mass is 592 g/mol. The number of carbonyl (C=O) groups is 1. The van der Waals surface area contributed by atoms with Crippen LogP contribution in [-0.2, 0) is 18.0 Å². The lowest BCUT2D eigenvalue weighted by molar-refractivity contribution is 0.0740. The Hall–Kier alpha value is -3.90. The number of piperidine rings is 1. The molecule has 1 aromatic carbocycles. The fraction of sp³-hybridized carbons (Fsp3) is 0.400. The molecule has 0 radical (unpaired) electrons. The molecular formula is C30H33FN6O4S. The number of nitrogens with one attached hydrogen (secondary N) is 1. The molecule has 3 unspecified atom stereocenters. The number of aromatic nitrogens is 4. The van der Waals surface area contributed by atoms with E-state index >= 15 is 0 Å². The molecule has 42 heavy (non-hydrogen) atoms. The number of hydrogen-bond acceptors (Lipinski definition) is 7. The van der Waals surface area contributed by atoms with Crippen LogP contribution in [-0.4, -0.2) is 58.9 Å². The lowest BCUT2D eigenvalue weighted by Crippen LogP contribution is -2.35. The standard InChI is InChI=1S/C30H33FN6O4S/c1-17(35-42(39)30(2,3)4)19-12-24(18-6-8-20(31)9-7-18)32-27(13-19)41-28-21-15-37(16-22(21)28)29(38)26-14-25(33-36(26)5)23-10-11-40-34-23/h6-14,17,21-22,28,35H,15-16H2,1-5H3/t17?,21-,22+,28?,42?. The van der Waals surface area contributed by atoms with Crippen molar-refractivity contribution in [2.75, 3.05) is 13.1 Å². The summed E-state index contributed by atoms with van der Waals surface area (Å²) < 4.78 is 42.0. The third-order valence-corrected chi connectivity index (χ3v) is 9.44. The van der Waals surface area contributed by atoms with Crippen molar-refractivity contribution in [2.45, 2.75) is 44.6 Å². The first-order valence-electron chi connectivity index (χ1n) is 13.8. The number of hydrogen-bond donors (Lipinski definition) is 1. The third kappa shape index (κ3) is 5.60. The zero-order valence-corrected chi connectivity index (χ0v) is 24.9. The summed E-state index contributed by atoms with van der Waals surface area (Å²) in [5, 5.41) is 8.31. The predicted molar refractivity (Wildman–Crippen MR) is 155 cm³/mol. The molecule has 2 fully saturated rings. The van der Waals surface area contributed by atoms with Crippen LogP contribution in [0, 0.1) is 17.7 Å². The maximum atomic E-state index is 13.6. The van der Waals surface area contributed by atoms with Gasteiger partial charge >= 0.3 is 0 Å². The number of pyridine rings is 1. The van der Waals surface area contributed by atoms with Crippen molar-refractivity contribution in [3.8, 4) is 28.5 Å². The molecule has 10 nitrogen and oxygen atoms in total. The van der Waals surface area contributed by atoms with Crippen molar-refractivity contribution >= 4 is 16.9 Å². The van der Waals surface area contributed by atoms with Gasteiger partial charge in [-0.15, -0.1) is 0 Å². The number of aryl methyl sites for hydroxylation is 1. The van der Waals surface area contributed by atoms with E-state index < -0.39 is 15.7 Å². The highest BCUT2D eigenvalue weighted by atomic mass is 32.2. The number of likely N-dealkylation sites (tertiary alicyclic amines) is 1. The first-order valence-corrected chi connectivity index (χ1v) is 15.0. The Morgan fingerprint density at radius 1 is 1.10 bits per heavy atom. The molecule has 4 heterocycles. The number of nitrogens with zero attached hydrogens (tertiary/aromatic N) is 5. The summed E-state index contributed by atoms with van der Waals surface area (Å²) in [4.78, 5) is 19.9. The van der Waals surface area contributed by atoms with E-state index in [4.69, 9.17) is 14.2 Å². The minimum absolute atomic E-state index is 0.0675. The Morgan fingerprint density at radius 2 is 1.81 bits per heavy atom. The molecule has 2 aliphatic rings. The van der Waals surface area contributed by atoms with Crippen LogP contribution >= 0.6 is 0 Å². The quantitative estimate of drug-likeness (QED) is 0.320. The van der Waals surface area contributed by atoms with Gasteiger partial charge < -0.3 is 14.2 Å². The minimum atomic E-state index is -1.28. The lowest BCUT2D eigenvalue weighted by Gasteiger charge is -2.23. The molecule has 0 bridgehead atoms. The van der Waals surface area contributed by atoms with Gasteiger partial charge in [-0.2, -0.15) is 5.10 Å². The molecule has 6 rings (SSSR count). The number of rotatable bonds is 8. The second-order valence-electron chi connectivity index (χ2n) is 11.9. The van der Waals surface area contributed by atoms with Gasteiger partial charge in [0.05, 0.1) is 21.4 Å².